The maximum absolute atomic E-state index is 12.2. The van der Waals surface area contributed by atoms with Gasteiger partial charge in [-0.2, -0.15) is 0 Å². The summed E-state index contributed by atoms with van der Waals surface area (Å²) in [6.45, 7) is 36.2. The van der Waals surface area contributed by atoms with Crippen molar-refractivity contribution in [2.75, 3.05) is 0 Å². The zero-order valence-electron chi connectivity index (χ0n) is 85.8. The van der Waals surface area contributed by atoms with E-state index in [0.29, 0.717) is 143 Å². The Labute approximate surface area is 834 Å². The minimum Gasteiger partial charge on any atom is -0.427 e. The molecule has 0 fully saturated rings. The molecule has 0 spiro atoms. The highest BCUT2D eigenvalue weighted by molar-refractivity contribution is 5.92. The van der Waals surface area contributed by atoms with Gasteiger partial charge in [-0.15, -0.1) is 0 Å². The Morgan fingerprint density at radius 1 is 0.307 bits per heavy atom. The van der Waals surface area contributed by atoms with Gasteiger partial charge in [0.1, 0.15) is 34.6 Å². The molecule has 8 aromatic heterocycles. The maximum Gasteiger partial charge on any atom is 0.311 e. The molecule has 740 valence electrons. The van der Waals surface area contributed by atoms with Crippen LogP contribution in [0.1, 0.15) is 313 Å². The van der Waals surface area contributed by atoms with Crippen LogP contribution < -0.4 is 33.4 Å². The van der Waals surface area contributed by atoms with Crippen molar-refractivity contribution in [3.63, 3.8) is 0 Å². The first-order valence-electron chi connectivity index (χ1n) is 49.3. The minimum atomic E-state index is -0.427. The zero-order valence-corrected chi connectivity index (χ0v) is 85.8. The third-order valence-corrected chi connectivity index (χ3v) is 23.4. The average molecular weight is 1890 g/mol. The molecule has 0 aliphatic carbocycles. The number of hydrogen-bond acceptors (Lipinski definition) is 20. The summed E-state index contributed by atoms with van der Waals surface area (Å²) in [5, 5.41) is 0. The van der Waals surface area contributed by atoms with E-state index in [2.05, 4.69) is 192 Å². The van der Waals surface area contributed by atoms with E-state index >= 15 is 0 Å². The van der Waals surface area contributed by atoms with E-state index in [4.69, 9.17) is 33.4 Å². The van der Waals surface area contributed by atoms with Crippen molar-refractivity contribution in [1.29, 1.82) is 0 Å². The molecule has 4 atom stereocenters. The Morgan fingerprint density at radius 2 is 0.614 bits per heavy atom. The lowest BCUT2D eigenvalue weighted by atomic mass is 9.97. The molecule has 0 bridgehead atoms. The molecule has 0 saturated carbocycles. The number of esters is 1. The SMILES string of the molecule is CC(=O)c1ccc(C(C)C)cn1.CC(C)c1ccc(CN)nc1.CC(C)c1cncc(CCC(=O)CC(N)c2ccccc2)c1.CC(C)c1cncc(CCC(=O)Oc2ccccc2)c1.CC(C)c1cncc(CCC(=O)[C@@H](N)Cc2ccccc2)c1.CC(C)c1cncc(CCC(=O)[C@H](N)Cc2ccccc2)c1.CCc1ccc(C(C)C)cn1.Cc1cncc(CCC(=O)C(N)Cc2ccccc2)c1. The largest absolute Gasteiger partial charge is 0.427 e. The van der Waals surface area contributed by atoms with E-state index in [9.17, 15) is 28.8 Å². The van der Waals surface area contributed by atoms with Crippen LogP contribution in [0.15, 0.2) is 299 Å². The Balaban J connectivity index is 0.000000248. The summed E-state index contributed by atoms with van der Waals surface area (Å²) < 4.78 is 5.25. The van der Waals surface area contributed by atoms with Crippen LogP contribution in [0.3, 0.4) is 0 Å². The van der Waals surface area contributed by atoms with Gasteiger partial charge in [-0.1, -0.05) is 292 Å². The Kier molecular flexibility index (Phi) is 53.0. The molecule has 5 aromatic carbocycles. The molecule has 0 aliphatic rings. The second-order valence-electron chi connectivity index (χ2n) is 37.6. The van der Waals surface area contributed by atoms with Crippen LogP contribution in [0.5, 0.6) is 5.75 Å². The first-order valence-corrected chi connectivity index (χ1v) is 49.3. The van der Waals surface area contributed by atoms with E-state index in [1.807, 2.05) is 233 Å². The predicted molar refractivity (Wildman–Crippen MR) is 571 cm³/mol. The topological polar surface area (TPSA) is 345 Å². The van der Waals surface area contributed by atoms with Gasteiger partial charge in [0, 0.05) is 138 Å². The van der Waals surface area contributed by atoms with E-state index in [0.717, 1.165) is 74.2 Å². The predicted octanol–water partition coefficient (Wildman–Crippen LogP) is 23.4. The first kappa shape index (κ1) is 116. The fourth-order valence-electron chi connectivity index (χ4n) is 14.1. The molecule has 13 rings (SSSR count). The van der Waals surface area contributed by atoms with Gasteiger partial charge >= 0.3 is 5.97 Å². The van der Waals surface area contributed by atoms with Gasteiger partial charge in [0.25, 0.3) is 0 Å². The lowest BCUT2D eigenvalue weighted by Gasteiger charge is -2.11. The highest BCUT2D eigenvalue weighted by Gasteiger charge is 2.20. The normalized spacial score (nSPS) is 11.6. The summed E-state index contributed by atoms with van der Waals surface area (Å²) in [5.74, 6) is 4.32. The smallest absolute Gasteiger partial charge is 0.311 e. The first-order chi connectivity index (χ1) is 67.1. The number of aromatic nitrogens is 8. The molecule has 0 radical (unpaired) electrons. The summed E-state index contributed by atoms with van der Waals surface area (Å²) in [7, 11) is 0. The van der Waals surface area contributed by atoms with Gasteiger partial charge in [-0.25, -0.2) is 0 Å². The molecule has 140 heavy (non-hydrogen) atoms. The molecule has 0 saturated heterocycles. The van der Waals surface area contributed by atoms with Gasteiger partial charge in [0.05, 0.1) is 30.2 Å². The number of aryl methyl sites for hydroxylation is 7. The summed E-state index contributed by atoms with van der Waals surface area (Å²) in [4.78, 5) is 105. The van der Waals surface area contributed by atoms with Gasteiger partial charge < -0.3 is 33.4 Å². The highest BCUT2D eigenvalue weighted by atomic mass is 16.5. The lowest BCUT2D eigenvalue weighted by Crippen LogP contribution is -2.32. The molecular formula is C120H153N13O7. The molecule has 20 heteroatoms. The van der Waals surface area contributed by atoms with Crippen LogP contribution in [0.2, 0.25) is 0 Å². The number of nitrogens with two attached hydrogens (primary N) is 5. The molecule has 2 unspecified atom stereocenters. The second-order valence-corrected chi connectivity index (χ2v) is 37.6. The molecule has 20 nitrogen and oxygen atoms in total. The van der Waals surface area contributed by atoms with Crippen LogP contribution in [0.25, 0.3) is 0 Å². The number of para-hydroxylation sites is 1. The summed E-state index contributed by atoms with van der Waals surface area (Å²) >= 11 is 0. The molecule has 10 N–H and O–H groups in total. The fourth-order valence-corrected chi connectivity index (χ4v) is 14.1. The van der Waals surface area contributed by atoms with Crippen molar-refractivity contribution in [2.45, 2.75) is 286 Å². The van der Waals surface area contributed by atoms with Gasteiger partial charge in [0.2, 0.25) is 0 Å². The monoisotopic (exact) mass is 1890 g/mol. The van der Waals surface area contributed by atoms with Crippen molar-refractivity contribution in [3.8, 4) is 5.75 Å². The van der Waals surface area contributed by atoms with Gasteiger partial charge in [0.15, 0.2) is 5.78 Å². The van der Waals surface area contributed by atoms with E-state index in [-0.39, 0.29) is 40.9 Å². The molecule has 0 aliphatic heterocycles. The third kappa shape index (κ3) is 46.1. The van der Waals surface area contributed by atoms with Crippen LogP contribution >= 0.6 is 0 Å². The van der Waals surface area contributed by atoms with Crippen molar-refractivity contribution in [2.24, 2.45) is 28.7 Å². The van der Waals surface area contributed by atoms with Crippen LogP contribution in [0, 0.1) is 6.92 Å². The summed E-state index contributed by atoms with van der Waals surface area (Å²) in [5.41, 5.74) is 51.7. The molecular weight excluding hydrogens is 1740 g/mol. The van der Waals surface area contributed by atoms with E-state index < -0.39 is 18.1 Å². The lowest BCUT2D eigenvalue weighted by molar-refractivity contribution is -0.134. The summed E-state index contributed by atoms with van der Waals surface area (Å²) in [6, 6.07) is 69.7. The Bertz CT molecular complexity index is 5570. The van der Waals surface area contributed by atoms with Crippen molar-refractivity contribution in [3.05, 3.63) is 411 Å². The number of pyridine rings is 8. The zero-order chi connectivity index (χ0) is 102. The molecule has 13 aromatic rings. The number of ketones is 5. The molecule has 8 heterocycles. The van der Waals surface area contributed by atoms with Gasteiger partial charge in [-0.05, 0) is 231 Å². The van der Waals surface area contributed by atoms with Crippen LogP contribution in [-0.4, -0.2) is 92.9 Å². The average Bonchev–Trinajstić information content (AvgIpc) is 0.847. The van der Waals surface area contributed by atoms with Gasteiger partial charge in [-0.3, -0.25) is 68.6 Å². The number of Topliss-reactive ketones (excluding diaryl/α,β-unsaturated/α-hetero) is 5. The van der Waals surface area contributed by atoms with Crippen molar-refractivity contribution in [1.82, 2.24) is 39.9 Å². The van der Waals surface area contributed by atoms with Crippen molar-refractivity contribution < 1.29 is 33.5 Å². The Morgan fingerprint density at radius 3 is 0.921 bits per heavy atom. The number of rotatable bonds is 38. The Hall–Kier alpha value is -13.1. The maximum atomic E-state index is 12.2. The minimum absolute atomic E-state index is 0.0188. The number of carbonyl (C=O) groups is 6. The number of carbonyl (C=O) groups excluding carboxylic acids is 6. The number of hydrogen-bond donors (Lipinski definition) is 5. The standard InChI is InChI=1S/3C19H24N2O.C17H20N2O.C17H19NO2.C10H13NO.C10H15N.C9H14N2/c1-14(2)17-10-15(12-21-13-17)8-9-18(22)11-19(20)16-6-4-3-5-7-16;2*1-14(2)17-10-16(12-21-13-17)8-9-19(22)18(20)11-15-6-4-3-5-7-15;1-13-9-15(12-19-11-13)7-8-17(20)16(18)10-14-5-3-2-4-6-14;1-13(2)15-10-14(11-18-12-15)8-9-17(19)20-16-6-4-3-5-7-16;1-7(2)9-4-5-10(8(3)12)11-6-9;1-4-10-6-5-9(7-11-10)8(2)3;1-7(2)8-3-4-9(5-10)11-6-8/h3-7,10,12-14,19H,8-9,11,20H2,1-2H3;2*3-7,10,12-14,18H,8-9,11,20H2,1-2H3;2-6,9,11-12,16H,7-8,10,18H2,1H3;3-7,10-13H,8-9H2,1-2H3;4-7H,1-3H3;5-8H,4H2,1-3H3;3-4,6-7H,5,10H2,1-2H3/t;2*18-;;;;;/m.10...../s1. The second kappa shape index (κ2) is 64.2. The van der Waals surface area contributed by atoms with E-state index in [1.165, 1.54) is 51.6 Å². The van der Waals surface area contributed by atoms with Crippen molar-refractivity contribution >= 4 is 34.9 Å². The quantitative estimate of drug-likeness (QED) is 0.0136. The van der Waals surface area contributed by atoms with E-state index in [1.54, 1.807) is 24.4 Å². The highest BCUT2D eigenvalue weighted by Crippen LogP contribution is 2.24. The van der Waals surface area contributed by atoms with Crippen LogP contribution in [0.4, 0.5) is 0 Å². The fraction of sp³-hybridized carbons (Fsp3) is 0.367. The summed E-state index contributed by atoms with van der Waals surface area (Å²) in [6.07, 6.45) is 33.1. The van der Waals surface area contributed by atoms with Crippen LogP contribution in [-0.2, 0) is 88.3 Å². The number of benzene rings is 5. The number of nitrogens with zero attached hydrogens (tertiary/aromatic N) is 8. The number of ether oxygens (including phenoxy) is 1. The molecule has 0 amide bonds. The third-order valence-electron chi connectivity index (χ3n) is 23.4.